The number of aryl methyl sites for hydroxylation is 1. The fourth-order valence-corrected chi connectivity index (χ4v) is 3.04. The first kappa shape index (κ1) is 17.0. The molecule has 2 N–H and O–H groups in total. The van der Waals surface area contributed by atoms with E-state index >= 15 is 0 Å². The van der Waals surface area contributed by atoms with Gasteiger partial charge in [-0.15, -0.1) is 0 Å². The minimum absolute atomic E-state index is 0.333. The first-order valence-electron chi connectivity index (χ1n) is 7.80. The van der Waals surface area contributed by atoms with Gasteiger partial charge in [0.05, 0.1) is 26.3 Å². The highest BCUT2D eigenvalue weighted by atomic mass is 16.5. The van der Waals surface area contributed by atoms with Gasteiger partial charge in [-0.3, -0.25) is 9.59 Å². The summed E-state index contributed by atoms with van der Waals surface area (Å²) in [5.74, 6) is -0.0524. The zero-order valence-corrected chi connectivity index (χ0v) is 14.3. The molecule has 0 aromatic heterocycles. The highest BCUT2D eigenvalue weighted by molar-refractivity contribution is 6.10. The summed E-state index contributed by atoms with van der Waals surface area (Å²) in [6.07, 6.45) is -0.356. The van der Waals surface area contributed by atoms with Gasteiger partial charge in [-0.25, -0.2) is 0 Å². The lowest BCUT2D eigenvalue weighted by molar-refractivity contribution is -0.133. The Morgan fingerprint density at radius 1 is 1.16 bits per heavy atom. The van der Waals surface area contributed by atoms with Crippen molar-refractivity contribution in [2.45, 2.75) is 18.9 Å². The molecule has 0 unspecified atom stereocenters. The molecule has 0 saturated carbocycles. The first-order valence-corrected chi connectivity index (χ1v) is 7.80. The second-order valence-corrected chi connectivity index (χ2v) is 5.98. The van der Waals surface area contributed by atoms with Crippen molar-refractivity contribution in [2.75, 3.05) is 19.5 Å². The average molecular weight is 341 g/mol. The molecular weight excluding hydrogens is 322 g/mol. The molecule has 1 heterocycles. The first-order chi connectivity index (χ1) is 11.9. The molecule has 0 radical (unpaired) electrons. The Balaban J connectivity index is 1.94. The van der Waals surface area contributed by atoms with Crippen LogP contribution < -0.4 is 14.8 Å². The number of hydrogen-bond acceptors (Lipinski definition) is 5. The summed E-state index contributed by atoms with van der Waals surface area (Å²) in [6.45, 7) is 1.83. The fourth-order valence-electron chi connectivity index (χ4n) is 3.04. The van der Waals surface area contributed by atoms with Crippen molar-refractivity contribution < 1.29 is 24.2 Å². The van der Waals surface area contributed by atoms with Crippen molar-refractivity contribution >= 4 is 17.4 Å². The number of anilines is 1. The van der Waals surface area contributed by atoms with Gasteiger partial charge < -0.3 is 19.9 Å². The number of carbonyl (C=O) groups excluding carboxylic acids is 2. The molecule has 1 atom stereocenters. The second-order valence-electron chi connectivity index (χ2n) is 5.98. The maximum Gasteiger partial charge on any atom is 0.261 e. The number of hydrogen-bond donors (Lipinski definition) is 2. The molecular formula is C19H19NO5. The van der Waals surface area contributed by atoms with Gasteiger partial charge in [0.1, 0.15) is 0 Å². The Hall–Kier alpha value is -2.86. The molecule has 0 spiro atoms. The Kier molecular flexibility index (Phi) is 4.22. The van der Waals surface area contributed by atoms with Crippen molar-refractivity contribution in [3.63, 3.8) is 0 Å². The quantitative estimate of drug-likeness (QED) is 0.816. The minimum Gasteiger partial charge on any atom is -0.493 e. The number of aliphatic hydroxyl groups is 1. The van der Waals surface area contributed by atoms with Crippen LogP contribution in [0.25, 0.3) is 0 Å². The van der Waals surface area contributed by atoms with E-state index in [0.29, 0.717) is 28.3 Å². The number of methoxy groups -OCH3 is 2. The van der Waals surface area contributed by atoms with Gasteiger partial charge in [-0.2, -0.15) is 0 Å². The van der Waals surface area contributed by atoms with Gasteiger partial charge in [0.25, 0.3) is 5.91 Å². The molecule has 0 bridgehead atoms. The summed E-state index contributed by atoms with van der Waals surface area (Å²) in [7, 11) is 2.98. The van der Waals surface area contributed by atoms with Crippen molar-refractivity contribution in [1.82, 2.24) is 0 Å². The molecule has 0 saturated heterocycles. The molecule has 25 heavy (non-hydrogen) atoms. The number of ether oxygens (including phenoxy) is 2. The van der Waals surface area contributed by atoms with E-state index in [2.05, 4.69) is 5.32 Å². The molecule has 2 aromatic rings. The SMILES string of the molecule is COc1ccc(C(=O)C[C@@]2(O)C(=O)Nc3c(C)cccc32)cc1OC. The second kappa shape index (κ2) is 6.22. The third kappa shape index (κ3) is 2.74. The molecule has 2 aromatic carbocycles. The van der Waals surface area contributed by atoms with Crippen LogP contribution in [0.15, 0.2) is 36.4 Å². The average Bonchev–Trinajstić information content (AvgIpc) is 2.86. The molecule has 3 rings (SSSR count). The highest BCUT2D eigenvalue weighted by Gasteiger charge is 2.47. The largest absolute Gasteiger partial charge is 0.493 e. The van der Waals surface area contributed by atoms with Crippen LogP contribution >= 0.6 is 0 Å². The van der Waals surface area contributed by atoms with Crippen LogP contribution in [0.4, 0.5) is 5.69 Å². The Morgan fingerprint density at radius 2 is 1.88 bits per heavy atom. The van der Waals surface area contributed by atoms with Crippen molar-refractivity contribution in [2.24, 2.45) is 0 Å². The zero-order chi connectivity index (χ0) is 18.2. The lowest BCUT2D eigenvalue weighted by Crippen LogP contribution is -2.36. The van der Waals surface area contributed by atoms with E-state index < -0.39 is 11.5 Å². The van der Waals surface area contributed by atoms with E-state index in [0.717, 1.165) is 5.56 Å². The van der Waals surface area contributed by atoms with Gasteiger partial charge in [0.2, 0.25) is 0 Å². The molecule has 0 fully saturated rings. The lowest BCUT2D eigenvalue weighted by Gasteiger charge is -2.20. The Morgan fingerprint density at radius 3 is 2.56 bits per heavy atom. The number of Topliss-reactive ketones (excluding diaryl/α,β-unsaturated/α-hetero) is 1. The fraction of sp³-hybridized carbons (Fsp3) is 0.263. The van der Waals surface area contributed by atoms with E-state index in [1.807, 2.05) is 13.0 Å². The number of nitrogens with one attached hydrogen (secondary N) is 1. The number of carbonyl (C=O) groups is 2. The van der Waals surface area contributed by atoms with E-state index in [9.17, 15) is 14.7 Å². The normalized spacial score (nSPS) is 18.5. The predicted molar refractivity (Wildman–Crippen MR) is 92.2 cm³/mol. The summed E-state index contributed by atoms with van der Waals surface area (Å²) in [5.41, 5.74) is 0.271. The number of amides is 1. The Labute approximate surface area is 145 Å². The topological polar surface area (TPSA) is 84.9 Å². The number of rotatable bonds is 5. The summed E-state index contributed by atoms with van der Waals surface area (Å²) in [4.78, 5) is 25.0. The van der Waals surface area contributed by atoms with E-state index in [4.69, 9.17) is 9.47 Å². The third-order valence-electron chi connectivity index (χ3n) is 4.45. The summed E-state index contributed by atoms with van der Waals surface area (Å²) >= 11 is 0. The van der Waals surface area contributed by atoms with Crippen LogP contribution in [0.1, 0.15) is 27.9 Å². The molecule has 0 aliphatic carbocycles. The number of fused-ring (bicyclic) bond motifs is 1. The summed E-state index contributed by atoms with van der Waals surface area (Å²) in [5, 5.41) is 13.6. The van der Waals surface area contributed by atoms with E-state index in [1.165, 1.54) is 20.3 Å². The van der Waals surface area contributed by atoms with Gasteiger partial charge in [0.15, 0.2) is 22.9 Å². The van der Waals surface area contributed by atoms with Gasteiger partial charge in [-0.1, -0.05) is 18.2 Å². The molecule has 1 amide bonds. The van der Waals surface area contributed by atoms with E-state index in [1.54, 1.807) is 24.3 Å². The maximum absolute atomic E-state index is 12.7. The standard InChI is InChI=1S/C19H19NO5/c1-11-5-4-6-13-17(11)20-18(22)19(13,23)10-14(21)12-7-8-15(24-2)16(9-12)25-3/h4-9,23H,10H2,1-3H3,(H,20,22)/t19-/m0/s1. The summed E-state index contributed by atoms with van der Waals surface area (Å²) in [6, 6.07) is 9.97. The van der Waals surface area contributed by atoms with Gasteiger partial charge in [-0.05, 0) is 30.7 Å². The molecule has 1 aliphatic heterocycles. The molecule has 130 valence electrons. The van der Waals surface area contributed by atoms with Crippen LogP contribution in [0.5, 0.6) is 11.5 Å². The van der Waals surface area contributed by atoms with Crippen LogP contribution in [0, 0.1) is 6.92 Å². The maximum atomic E-state index is 12.7. The van der Waals surface area contributed by atoms with Crippen molar-refractivity contribution in [1.29, 1.82) is 0 Å². The van der Waals surface area contributed by atoms with Crippen LogP contribution in [-0.4, -0.2) is 31.0 Å². The van der Waals surface area contributed by atoms with Gasteiger partial charge >= 0.3 is 0 Å². The van der Waals surface area contributed by atoms with Crippen LogP contribution in [0.3, 0.4) is 0 Å². The predicted octanol–water partition coefficient (Wildman–Crippen LogP) is 2.42. The highest BCUT2D eigenvalue weighted by Crippen LogP contribution is 2.41. The number of benzene rings is 2. The van der Waals surface area contributed by atoms with Crippen LogP contribution in [0.2, 0.25) is 0 Å². The molecule has 6 heteroatoms. The zero-order valence-electron chi connectivity index (χ0n) is 14.3. The lowest BCUT2D eigenvalue weighted by atomic mass is 9.87. The minimum atomic E-state index is -1.88. The summed E-state index contributed by atoms with van der Waals surface area (Å²) < 4.78 is 10.3. The molecule has 1 aliphatic rings. The monoisotopic (exact) mass is 341 g/mol. The number of ketones is 1. The van der Waals surface area contributed by atoms with Crippen molar-refractivity contribution in [3.05, 3.63) is 53.1 Å². The van der Waals surface area contributed by atoms with Crippen LogP contribution in [-0.2, 0) is 10.4 Å². The smallest absolute Gasteiger partial charge is 0.261 e. The third-order valence-corrected chi connectivity index (χ3v) is 4.45. The van der Waals surface area contributed by atoms with Gasteiger partial charge in [0, 0.05) is 11.1 Å². The molecule has 6 nitrogen and oxygen atoms in total. The van der Waals surface area contributed by atoms with E-state index in [-0.39, 0.29) is 12.2 Å². The number of para-hydroxylation sites is 1. The van der Waals surface area contributed by atoms with Crippen molar-refractivity contribution in [3.8, 4) is 11.5 Å². The Bertz CT molecular complexity index is 861.